The largest absolute Gasteiger partial charge is 0.503 e. The maximum absolute atomic E-state index is 12.3. The van der Waals surface area contributed by atoms with Gasteiger partial charge in [0.05, 0.1) is 5.69 Å². The standard InChI is InChI=1S/C19H15ClN2O2S/c20-14-7-9-16(10-8-14)25-18-6-2-1-5-17(18)21-19(24)13-22-11-3-4-15(23)12-22/h1-12H,13H2,(H-,21,23,24)/p+1. The van der Waals surface area contributed by atoms with Gasteiger partial charge in [-0.05, 0) is 42.5 Å². The van der Waals surface area contributed by atoms with E-state index in [0.717, 1.165) is 15.5 Å². The van der Waals surface area contributed by atoms with Crippen molar-refractivity contribution in [2.75, 3.05) is 5.32 Å². The minimum Gasteiger partial charge on any atom is -0.503 e. The second-order valence-corrected chi connectivity index (χ2v) is 6.89. The number of aromatic hydroxyl groups is 1. The fourth-order valence-electron chi connectivity index (χ4n) is 2.25. The molecule has 0 aliphatic rings. The third-order valence-corrected chi connectivity index (χ3v) is 4.71. The number of anilines is 1. The molecule has 0 saturated carbocycles. The summed E-state index contributed by atoms with van der Waals surface area (Å²) in [7, 11) is 0. The van der Waals surface area contributed by atoms with Crippen molar-refractivity contribution in [1.29, 1.82) is 0 Å². The summed E-state index contributed by atoms with van der Waals surface area (Å²) in [5, 5.41) is 13.1. The van der Waals surface area contributed by atoms with Crippen LogP contribution in [0.15, 0.2) is 82.8 Å². The normalized spacial score (nSPS) is 10.4. The summed E-state index contributed by atoms with van der Waals surface area (Å²) in [6, 6.07) is 18.4. The van der Waals surface area contributed by atoms with Crippen LogP contribution in [-0.4, -0.2) is 11.0 Å². The maximum Gasteiger partial charge on any atom is 0.290 e. The van der Waals surface area contributed by atoms with Crippen molar-refractivity contribution in [3.8, 4) is 5.75 Å². The van der Waals surface area contributed by atoms with Gasteiger partial charge in [0.2, 0.25) is 12.7 Å². The highest BCUT2D eigenvalue weighted by Crippen LogP contribution is 2.33. The Balaban J connectivity index is 1.72. The highest BCUT2D eigenvalue weighted by Gasteiger charge is 2.12. The third kappa shape index (κ3) is 4.98. The Morgan fingerprint density at radius 1 is 1.08 bits per heavy atom. The smallest absolute Gasteiger partial charge is 0.290 e. The average Bonchev–Trinajstić information content (AvgIpc) is 2.58. The molecular weight excluding hydrogens is 356 g/mol. The lowest BCUT2D eigenvalue weighted by Crippen LogP contribution is -2.39. The molecule has 25 heavy (non-hydrogen) atoms. The van der Waals surface area contributed by atoms with E-state index in [0.29, 0.717) is 5.02 Å². The Morgan fingerprint density at radius 2 is 1.84 bits per heavy atom. The van der Waals surface area contributed by atoms with Crippen molar-refractivity contribution < 1.29 is 14.5 Å². The SMILES string of the molecule is O=C(C[n+]1cccc(O)c1)Nc1ccccc1Sc1ccc(Cl)cc1. The van der Waals surface area contributed by atoms with Crippen LogP contribution in [0.5, 0.6) is 5.75 Å². The lowest BCUT2D eigenvalue weighted by Gasteiger charge is -2.10. The topological polar surface area (TPSA) is 53.2 Å². The number of nitrogens with zero attached hydrogens (tertiary/aromatic N) is 1. The summed E-state index contributed by atoms with van der Waals surface area (Å²) in [5.74, 6) is -0.0475. The molecule has 3 rings (SSSR count). The minimum atomic E-state index is -0.167. The number of benzene rings is 2. The highest BCUT2D eigenvalue weighted by molar-refractivity contribution is 7.99. The van der Waals surface area contributed by atoms with Gasteiger partial charge in [-0.1, -0.05) is 35.5 Å². The van der Waals surface area contributed by atoms with Gasteiger partial charge in [0.15, 0.2) is 11.9 Å². The van der Waals surface area contributed by atoms with E-state index in [9.17, 15) is 9.90 Å². The van der Waals surface area contributed by atoms with Gasteiger partial charge in [-0.2, -0.15) is 4.57 Å². The fraction of sp³-hybridized carbons (Fsp3) is 0.0526. The molecule has 0 saturated heterocycles. The van der Waals surface area contributed by atoms with Crippen LogP contribution in [0.1, 0.15) is 0 Å². The quantitative estimate of drug-likeness (QED) is 0.663. The number of nitrogens with one attached hydrogen (secondary N) is 1. The molecule has 2 aromatic carbocycles. The Hall–Kier alpha value is -2.50. The number of aromatic nitrogens is 1. The van der Waals surface area contributed by atoms with E-state index in [4.69, 9.17) is 11.6 Å². The van der Waals surface area contributed by atoms with Crippen LogP contribution in [0, 0.1) is 0 Å². The molecule has 3 aromatic rings. The fourth-order valence-corrected chi connectivity index (χ4v) is 3.28. The number of hydrogen-bond donors (Lipinski definition) is 2. The molecule has 0 radical (unpaired) electrons. The van der Waals surface area contributed by atoms with Gasteiger partial charge >= 0.3 is 0 Å². The predicted molar refractivity (Wildman–Crippen MR) is 98.9 cm³/mol. The number of amides is 1. The van der Waals surface area contributed by atoms with Gasteiger partial charge < -0.3 is 10.4 Å². The van der Waals surface area contributed by atoms with Gasteiger partial charge in [0, 0.05) is 20.9 Å². The molecule has 0 spiro atoms. The van der Waals surface area contributed by atoms with E-state index >= 15 is 0 Å². The van der Waals surface area contributed by atoms with Crippen molar-refractivity contribution in [2.24, 2.45) is 0 Å². The zero-order valence-corrected chi connectivity index (χ0v) is 14.8. The second kappa shape index (κ2) is 8.05. The van der Waals surface area contributed by atoms with Crippen LogP contribution in [-0.2, 0) is 11.3 Å². The molecule has 0 fully saturated rings. The van der Waals surface area contributed by atoms with Gasteiger partial charge in [0.25, 0.3) is 5.91 Å². The number of para-hydroxylation sites is 1. The molecular formula is C19H16ClN2O2S+. The van der Waals surface area contributed by atoms with E-state index < -0.39 is 0 Å². The maximum atomic E-state index is 12.3. The van der Waals surface area contributed by atoms with E-state index in [1.807, 2.05) is 48.5 Å². The Kier molecular flexibility index (Phi) is 5.58. The van der Waals surface area contributed by atoms with Crippen LogP contribution >= 0.6 is 23.4 Å². The number of halogens is 1. The third-order valence-electron chi connectivity index (χ3n) is 3.37. The molecule has 4 nitrogen and oxygen atoms in total. The number of carbonyl (C=O) groups excluding carboxylic acids is 1. The molecule has 1 heterocycles. The number of rotatable bonds is 5. The lowest BCUT2D eigenvalue weighted by atomic mass is 10.3. The predicted octanol–water partition coefficient (Wildman–Crippen LogP) is 4.12. The molecule has 0 aliphatic carbocycles. The van der Waals surface area contributed by atoms with E-state index in [-0.39, 0.29) is 18.2 Å². The average molecular weight is 372 g/mol. The molecule has 2 N–H and O–H groups in total. The van der Waals surface area contributed by atoms with Crippen LogP contribution < -0.4 is 9.88 Å². The van der Waals surface area contributed by atoms with Crippen LogP contribution in [0.2, 0.25) is 5.02 Å². The lowest BCUT2D eigenvalue weighted by molar-refractivity contribution is -0.684. The zero-order chi connectivity index (χ0) is 17.6. The Labute approximate surface area is 155 Å². The first-order valence-electron chi connectivity index (χ1n) is 7.60. The monoisotopic (exact) mass is 371 g/mol. The molecule has 0 unspecified atom stereocenters. The van der Waals surface area contributed by atoms with Gasteiger partial charge in [-0.15, -0.1) is 0 Å². The first-order chi connectivity index (χ1) is 12.1. The number of pyridine rings is 1. The van der Waals surface area contributed by atoms with E-state index in [1.165, 1.54) is 6.20 Å². The van der Waals surface area contributed by atoms with Crippen molar-refractivity contribution in [1.82, 2.24) is 0 Å². The summed E-state index contributed by atoms with van der Waals surface area (Å²) >= 11 is 7.47. The molecule has 1 aromatic heterocycles. The number of carbonyl (C=O) groups is 1. The Morgan fingerprint density at radius 3 is 2.60 bits per heavy atom. The van der Waals surface area contributed by atoms with Crippen molar-refractivity contribution in [3.63, 3.8) is 0 Å². The Bertz CT molecular complexity index is 885. The highest BCUT2D eigenvalue weighted by atomic mass is 35.5. The van der Waals surface area contributed by atoms with Gasteiger partial charge in [-0.3, -0.25) is 4.79 Å². The summed E-state index contributed by atoms with van der Waals surface area (Å²) in [6.07, 6.45) is 3.24. The molecule has 6 heteroatoms. The van der Waals surface area contributed by atoms with E-state index in [2.05, 4.69) is 5.32 Å². The van der Waals surface area contributed by atoms with Crippen LogP contribution in [0.25, 0.3) is 0 Å². The van der Waals surface area contributed by atoms with Crippen LogP contribution in [0.3, 0.4) is 0 Å². The van der Waals surface area contributed by atoms with Crippen molar-refractivity contribution >= 4 is 35.0 Å². The number of hydrogen-bond acceptors (Lipinski definition) is 3. The van der Waals surface area contributed by atoms with Gasteiger partial charge in [0.1, 0.15) is 0 Å². The second-order valence-electron chi connectivity index (χ2n) is 5.33. The molecule has 126 valence electrons. The molecule has 0 aliphatic heterocycles. The van der Waals surface area contributed by atoms with Crippen LogP contribution in [0.4, 0.5) is 5.69 Å². The summed E-state index contributed by atoms with van der Waals surface area (Å²) in [4.78, 5) is 14.3. The van der Waals surface area contributed by atoms with Crippen molar-refractivity contribution in [2.45, 2.75) is 16.3 Å². The molecule has 0 bridgehead atoms. The first kappa shape index (κ1) is 17.3. The molecule has 0 atom stereocenters. The van der Waals surface area contributed by atoms with E-state index in [1.54, 1.807) is 34.7 Å². The summed E-state index contributed by atoms with van der Waals surface area (Å²) < 4.78 is 1.62. The summed E-state index contributed by atoms with van der Waals surface area (Å²) in [6.45, 7) is 0.119. The minimum absolute atomic E-state index is 0.119. The molecule has 1 amide bonds. The van der Waals surface area contributed by atoms with Gasteiger partial charge in [-0.25, -0.2) is 0 Å². The zero-order valence-electron chi connectivity index (χ0n) is 13.2. The first-order valence-corrected chi connectivity index (χ1v) is 8.80. The van der Waals surface area contributed by atoms with Crippen molar-refractivity contribution in [3.05, 3.63) is 78.1 Å². The summed E-state index contributed by atoms with van der Waals surface area (Å²) in [5.41, 5.74) is 0.744.